The van der Waals surface area contributed by atoms with Crippen molar-refractivity contribution in [3.8, 4) is 0 Å². The average molecular weight is 319 g/mol. The number of amides is 2. The third-order valence-electron chi connectivity index (χ3n) is 3.26. The molecule has 118 valence electrons. The maximum atomic E-state index is 12.0. The number of hydrogen-bond acceptors (Lipinski definition) is 4. The van der Waals surface area contributed by atoms with E-state index in [-0.39, 0.29) is 18.6 Å². The first-order valence-electron chi connectivity index (χ1n) is 7.37. The summed E-state index contributed by atoms with van der Waals surface area (Å²) in [6.07, 6.45) is 2.81. The minimum Gasteiger partial charge on any atom is -0.386 e. The van der Waals surface area contributed by atoms with Gasteiger partial charge in [-0.15, -0.1) is 11.3 Å². The minimum atomic E-state index is -0.676. The number of aliphatic hydroxyl groups excluding tert-OH is 1. The topological polar surface area (TPSA) is 74.2 Å². The van der Waals surface area contributed by atoms with E-state index in [1.165, 1.54) is 11.3 Å². The van der Waals surface area contributed by atoms with E-state index in [2.05, 4.69) is 22.5 Å². The number of aromatic nitrogens is 1. The van der Waals surface area contributed by atoms with Crippen LogP contribution < -0.4 is 10.6 Å². The summed E-state index contributed by atoms with van der Waals surface area (Å²) in [6, 6.07) is 8.98. The molecule has 0 saturated carbocycles. The van der Waals surface area contributed by atoms with Crippen LogP contribution in [0.2, 0.25) is 0 Å². The molecule has 2 amide bonds. The van der Waals surface area contributed by atoms with Crippen LogP contribution in [0.3, 0.4) is 0 Å². The first-order chi connectivity index (χ1) is 10.7. The van der Waals surface area contributed by atoms with E-state index in [4.69, 9.17) is 0 Å². The molecule has 0 fully saturated rings. The molecule has 0 spiro atoms. The molecule has 0 aromatic carbocycles. The van der Waals surface area contributed by atoms with Crippen LogP contribution in [0.4, 0.5) is 4.79 Å². The zero-order valence-corrected chi connectivity index (χ0v) is 13.3. The van der Waals surface area contributed by atoms with Crippen LogP contribution in [0, 0.1) is 0 Å². The number of nitrogens with zero attached hydrogens (tertiary/aromatic N) is 1. The van der Waals surface area contributed by atoms with E-state index in [1.807, 2.05) is 35.7 Å². The minimum absolute atomic E-state index is 0.120. The molecule has 0 radical (unpaired) electrons. The van der Waals surface area contributed by atoms with Crippen molar-refractivity contribution >= 4 is 17.4 Å². The Morgan fingerprint density at radius 3 is 2.86 bits per heavy atom. The fourth-order valence-corrected chi connectivity index (χ4v) is 2.86. The van der Waals surface area contributed by atoms with Crippen molar-refractivity contribution < 1.29 is 9.90 Å². The van der Waals surface area contributed by atoms with Crippen molar-refractivity contribution in [3.63, 3.8) is 0 Å². The van der Waals surface area contributed by atoms with E-state index in [1.54, 1.807) is 6.20 Å². The van der Waals surface area contributed by atoms with Gasteiger partial charge in [0, 0.05) is 11.1 Å². The summed E-state index contributed by atoms with van der Waals surface area (Å²) in [5.41, 5.74) is 0.846. The van der Waals surface area contributed by atoms with Crippen molar-refractivity contribution in [2.45, 2.75) is 31.9 Å². The van der Waals surface area contributed by atoms with Gasteiger partial charge in [0.15, 0.2) is 0 Å². The van der Waals surface area contributed by atoms with Gasteiger partial charge in [-0.1, -0.05) is 25.5 Å². The third-order valence-corrected chi connectivity index (χ3v) is 4.23. The highest BCUT2D eigenvalue weighted by Crippen LogP contribution is 2.18. The van der Waals surface area contributed by atoms with Crippen molar-refractivity contribution in [3.05, 3.63) is 52.5 Å². The molecule has 6 heteroatoms. The molecule has 0 aliphatic carbocycles. The summed E-state index contributed by atoms with van der Waals surface area (Å²) >= 11 is 1.47. The molecule has 22 heavy (non-hydrogen) atoms. The Morgan fingerprint density at radius 1 is 1.36 bits per heavy atom. The van der Waals surface area contributed by atoms with E-state index >= 15 is 0 Å². The Morgan fingerprint density at radius 2 is 2.23 bits per heavy atom. The summed E-state index contributed by atoms with van der Waals surface area (Å²) < 4.78 is 0. The molecule has 3 N–H and O–H groups in total. The van der Waals surface area contributed by atoms with Gasteiger partial charge in [0.1, 0.15) is 6.10 Å². The van der Waals surface area contributed by atoms with E-state index in [0.29, 0.717) is 0 Å². The molecule has 0 saturated heterocycles. The molecule has 2 heterocycles. The summed E-state index contributed by atoms with van der Waals surface area (Å²) in [6.45, 7) is 2.25. The van der Waals surface area contributed by atoms with Crippen LogP contribution in [0.1, 0.15) is 42.5 Å². The summed E-state index contributed by atoms with van der Waals surface area (Å²) in [7, 11) is 0. The molecule has 2 rings (SSSR count). The second kappa shape index (κ2) is 8.51. The first-order valence-corrected chi connectivity index (χ1v) is 8.25. The Kier molecular flexibility index (Phi) is 6.36. The smallest absolute Gasteiger partial charge is 0.315 e. The van der Waals surface area contributed by atoms with Crippen molar-refractivity contribution in [2.24, 2.45) is 0 Å². The van der Waals surface area contributed by atoms with Gasteiger partial charge >= 0.3 is 6.03 Å². The van der Waals surface area contributed by atoms with Gasteiger partial charge < -0.3 is 15.7 Å². The van der Waals surface area contributed by atoms with Crippen LogP contribution in [0.25, 0.3) is 0 Å². The molecule has 2 aromatic heterocycles. The molecule has 0 aliphatic heterocycles. The van der Waals surface area contributed by atoms with Crippen LogP contribution in [-0.2, 0) is 0 Å². The van der Waals surface area contributed by atoms with Crippen LogP contribution >= 0.6 is 11.3 Å². The second-order valence-electron chi connectivity index (χ2n) is 4.98. The molecule has 0 bridgehead atoms. The van der Waals surface area contributed by atoms with Gasteiger partial charge in [0.2, 0.25) is 0 Å². The van der Waals surface area contributed by atoms with Gasteiger partial charge in [0.25, 0.3) is 0 Å². The number of hydrogen-bond donors (Lipinski definition) is 3. The van der Waals surface area contributed by atoms with Gasteiger partial charge in [0.05, 0.1) is 18.3 Å². The number of nitrogens with one attached hydrogen (secondary N) is 2. The number of pyridine rings is 1. The maximum Gasteiger partial charge on any atom is 0.315 e. The fraction of sp³-hybridized carbons (Fsp3) is 0.375. The monoisotopic (exact) mass is 319 g/mol. The lowest BCUT2D eigenvalue weighted by Crippen LogP contribution is -2.40. The second-order valence-corrected chi connectivity index (χ2v) is 5.96. The summed E-state index contributed by atoms with van der Waals surface area (Å²) in [5, 5.41) is 17.5. The number of urea groups is 1. The Balaban J connectivity index is 1.86. The quantitative estimate of drug-likeness (QED) is 0.734. The number of aliphatic hydroxyl groups is 1. The Bertz CT molecular complexity index is 560. The number of carbonyl (C=O) groups is 1. The molecule has 2 aromatic rings. The molecular weight excluding hydrogens is 298 g/mol. The maximum absolute atomic E-state index is 12.0. The SMILES string of the molecule is CCC[C@H](NC(=O)NC[C@@H](O)c1cccs1)c1ccccn1. The number of carbonyl (C=O) groups excluding carboxylic acids is 1. The van der Waals surface area contributed by atoms with E-state index in [9.17, 15) is 9.90 Å². The molecule has 0 unspecified atom stereocenters. The lowest BCUT2D eigenvalue weighted by atomic mass is 10.1. The number of rotatable bonds is 7. The predicted octanol–water partition coefficient (Wildman–Crippen LogP) is 3.02. The fourth-order valence-electron chi connectivity index (χ4n) is 2.14. The van der Waals surface area contributed by atoms with Crippen LogP contribution in [0.15, 0.2) is 41.9 Å². The van der Waals surface area contributed by atoms with Crippen molar-refractivity contribution in [2.75, 3.05) is 6.54 Å². The predicted molar refractivity (Wildman–Crippen MR) is 87.7 cm³/mol. The summed E-state index contributed by atoms with van der Waals surface area (Å²) in [5.74, 6) is 0. The third kappa shape index (κ3) is 4.82. The Hall–Kier alpha value is -1.92. The van der Waals surface area contributed by atoms with Crippen molar-refractivity contribution in [1.29, 1.82) is 0 Å². The standard InChI is InChI=1S/C16H21N3O2S/c1-2-6-13(12-7-3-4-9-17-12)19-16(21)18-11-14(20)15-8-5-10-22-15/h3-5,7-10,13-14,20H,2,6,11H2,1H3,(H2,18,19,21)/t13-,14+/m0/s1. The van der Waals surface area contributed by atoms with Crippen LogP contribution in [0.5, 0.6) is 0 Å². The highest BCUT2D eigenvalue weighted by atomic mass is 32.1. The molecule has 5 nitrogen and oxygen atoms in total. The van der Waals surface area contributed by atoms with Gasteiger partial charge in [-0.2, -0.15) is 0 Å². The summed E-state index contributed by atoms with van der Waals surface area (Å²) in [4.78, 5) is 17.2. The zero-order chi connectivity index (χ0) is 15.8. The van der Waals surface area contributed by atoms with Gasteiger partial charge in [-0.3, -0.25) is 4.98 Å². The Labute approximate surface area is 134 Å². The van der Waals surface area contributed by atoms with E-state index in [0.717, 1.165) is 23.4 Å². The van der Waals surface area contributed by atoms with Crippen LogP contribution in [-0.4, -0.2) is 22.7 Å². The average Bonchev–Trinajstić information content (AvgIpc) is 3.07. The van der Waals surface area contributed by atoms with E-state index < -0.39 is 6.10 Å². The van der Waals surface area contributed by atoms with Gasteiger partial charge in [-0.25, -0.2) is 4.79 Å². The number of thiophene rings is 1. The van der Waals surface area contributed by atoms with Gasteiger partial charge in [-0.05, 0) is 30.0 Å². The highest BCUT2D eigenvalue weighted by Gasteiger charge is 2.16. The molecular formula is C16H21N3O2S. The van der Waals surface area contributed by atoms with Crippen molar-refractivity contribution in [1.82, 2.24) is 15.6 Å². The molecule has 0 aliphatic rings. The first kappa shape index (κ1) is 16.5. The molecule has 2 atom stereocenters. The lowest BCUT2D eigenvalue weighted by Gasteiger charge is -2.18. The largest absolute Gasteiger partial charge is 0.386 e. The zero-order valence-electron chi connectivity index (χ0n) is 12.5. The normalized spacial score (nSPS) is 13.4. The lowest BCUT2D eigenvalue weighted by molar-refractivity contribution is 0.175. The highest BCUT2D eigenvalue weighted by molar-refractivity contribution is 7.10.